The van der Waals surface area contributed by atoms with Crippen molar-refractivity contribution >= 4 is 60.9 Å². The molecule has 2 N–H and O–H groups in total. The Morgan fingerprint density at radius 2 is 0.938 bits per heavy atom. The summed E-state index contributed by atoms with van der Waals surface area (Å²) < 4.78 is 0. The highest BCUT2D eigenvalue weighted by Gasteiger charge is 2.35. The molecule has 2 nitrogen and oxygen atoms in total. The number of benzene rings is 9. The molecule has 0 radical (unpaired) electrons. The van der Waals surface area contributed by atoms with Crippen molar-refractivity contribution in [3.05, 3.63) is 257 Å². The lowest BCUT2D eigenvalue weighted by molar-refractivity contribution is 0.462. The molecular formula is C63H48N2. The first-order valence-electron chi connectivity index (χ1n) is 22.8. The minimum atomic E-state index is -0.458. The maximum absolute atomic E-state index is 4.16. The van der Waals surface area contributed by atoms with Crippen LogP contribution in [0.3, 0.4) is 0 Å². The van der Waals surface area contributed by atoms with Crippen molar-refractivity contribution in [2.45, 2.75) is 25.8 Å². The van der Waals surface area contributed by atoms with Crippen molar-refractivity contribution in [2.75, 3.05) is 5.32 Å². The second-order valence-electron chi connectivity index (χ2n) is 18.4. The predicted octanol–water partition coefficient (Wildman–Crippen LogP) is 14.5. The van der Waals surface area contributed by atoms with Crippen LogP contribution in [0, 0.1) is 5.41 Å². The van der Waals surface area contributed by atoms with Gasteiger partial charge in [0.1, 0.15) is 0 Å². The minimum absolute atomic E-state index is 0.216. The standard InChI is InChI=1S/C63H48N2/c1-62(2)41-53(38-49-37-48-39-59-56-19-11-9-17-54(56)55-18-10-12-20-57(55)60(59)40-58(48)61(49)62)65-63(50-27-21-44(22-28-50)42-13-5-3-6-14-42)35-33-47(34-36-63)46-25-31-52(32-26-46)64-51-29-23-45(24-30-51)43-15-7-4-8-16-43/h3-35,37-41,64-65H,36H2,1-2H3. The summed E-state index contributed by atoms with van der Waals surface area (Å²) in [5, 5.41) is 18.2. The van der Waals surface area contributed by atoms with Gasteiger partial charge in [-0.3, -0.25) is 0 Å². The molecule has 0 heterocycles. The summed E-state index contributed by atoms with van der Waals surface area (Å²) in [7, 11) is 0. The Hall–Kier alpha value is -7.94. The van der Waals surface area contributed by atoms with Crippen LogP contribution in [0.2, 0.25) is 0 Å². The van der Waals surface area contributed by atoms with Crippen LogP contribution < -0.4 is 21.1 Å². The van der Waals surface area contributed by atoms with Crippen LogP contribution in [-0.4, -0.2) is 0 Å². The molecule has 1 unspecified atom stereocenters. The molecular weight excluding hydrogens is 785 g/mol. The molecule has 0 aromatic heterocycles. The molecule has 310 valence electrons. The van der Waals surface area contributed by atoms with Crippen LogP contribution in [0.1, 0.15) is 31.4 Å². The molecule has 0 amide bonds. The zero-order valence-corrected chi connectivity index (χ0v) is 36.6. The van der Waals surface area contributed by atoms with Crippen molar-refractivity contribution < 1.29 is 0 Å². The zero-order valence-electron chi connectivity index (χ0n) is 36.6. The number of allylic oxidation sites excluding steroid dienone is 5. The van der Waals surface area contributed by atoms with E-state index in [9.17, 15) is 0 Å². The summed E-state index contributed by atoms with van der Waals surface area (Å²) in [5.74, 6) is 0. The third kappa shape index (κ3) is 6.90. The second kappa shape index (κ2) is 15.4. The normalized spacial score (nSPS) is 17.2. The van der Waals surface area contributed by atoms with Crippen molar-refractivity contribution in [3.63, 3.8) is 0 Å². The first-order valence-corrected chi connectivity index (χ1v) is 22.8. The van der Waals surface area contributed by atoms with E-state index in [-0.39, 0.29) is 5.41 Å². The van der Waals surface area contributed by atoms with Crippen LogP contribution in [0.4, 0.5) is 11.4 Å². The number of hydrogen-bond donors (Lipinski definition) is 2. The number of rotatable bonds is 8. The lowest BCUT2D eigenvalue weighted by Crippen LogP contribution is -2.41. The van der Waals surface area contributed by atoms with Crippen LogP contribution in [0.15, 0.2) is 236 Å². The van der Waals surface area contributed by atoms with E-state index in [1.165, 1.54) is 92.9 Å². The highest BCUT2D eigenvalue weighted by molar-refractivity contribution is 6.25. The Balaban J connectivity index is 0.872. The van der Waals surface area contributed by atoms with Gasteiger partial charge in [0.15, 0.2) is 0 Å². The summed E-state index contributed by atoms with van der Waals surface area (Å²) in [5.41, 5.74) is 13.8. The van der Waals surface area contributed by atoms with E-state index in [0.717, 1.165) is 23.5 Å². The van der Waals surface area contributed by atoms with Crippen molar-refractivity contribution in [1.82, 2.24) is 5.32 Å². The van der Waals surface area contributed by atoms with E-state index in [1.807, 2.05) is 0 Å². The quantitative estimate of drug-likeness (QED) is 0.149. The van der Waals surface area contributed by atoms with Gasteiger partial charge in [0.2, 0.25) is 0 Å². The molecule has 0 saturated carbocycles. The summed E-state index contributed by atoms with van der Waals surface area (Å²) in [6.07, 6.45) is 15.1. The Morgan fingerprint density at radius 1 is 0.446 bits per heavy atom. The monoisotopic (exact) mass is 832 g/mol. The number of hydrogen-bond acceptors (Lipinski definition) is 2. The Labute approximate surface area is 380 Å². The first-order chi connectivity index (χ1) is 31.9. The fraction of sp³-hybridized carbons (Fsp3) is 0.0794. The smallest absolute Gasteiger partial charge is 0.0847 e. The Kier molecular flexibility index (Phi) is 9.17. The van der Waals surface area contributed by atoms with Crippen molar-refractivity contribution in [1.29, 1.82) is 0 Å². The second-order valence-corrected chi connectivity index (χ2v) is 18.4. The minimum Gasteiger partial charge on any atom is -0.372 e. The van der Waals surface area contributed by atoms with Gasteiger partial charge >= 0.3 is 0 Å². The summed E-state index contributed by atoms with van der Waals surface area (Å²) in [4.78, 5) is 0. The molecule has 0 bridgehead atoms. The number of anilines is 2. The first kappa shape index (κ1) is 38.7. The maximum atomic E-state index is 4.16. The molecule has 2 heteroatoms. The van der Waals surface area contributed by atoms with Gasteiger partial charge in [0, 0.05) is 22.5 Å². The lowest BCUT2D eigenvalue weighted by Gasteiger charge is -2.38. The SMILES string of the molecule is CC1(C)C=C(NC2(c3ccc(-c4ccccc4)cc3)C=CC(c3ccc(Nc4ccc(-c5ccccc5)cc4)cc3)=CC2)C=C2C=c3cc4c5ccccc5c5ccccc5c4cc3=C21. The fourth-order valence-electron chi connectivity index (χ4n) is 10.6. The molecule has 3 aliphatic rings. The van der Waals surface area contributed by atoms with Gasteiger partial charge in [0.05, 0.1) is 5.54 Å². The summed E-state index contributed by atoms with van der Waals surface area (Å²) >= 11 is 0. The van der Waals surface area contributed by atoms with Gasteiger partial charge < -0.3 is 10.6 Å². The highest BCUT2D eigenvalue weighted by Crippen LogP contribution is 2.44. The third-order valence-corrected chi connectivity index (χ3v) is 13.8. The van der Waals surface area contributed by atoms with Crippen LogP contribution in [0.25, 0.3) is 71.8 Å². The van der Waals surface area contributed by atoms with E-state index >= 15 is 0 Å². The zero-order chi connectivity index (χ0) is 43.5. The summed E-state index contributed by atoms with van der Waals surface area (Å²) in [6.45, 7) is 4.74. The van der Waals surface area contributed by atoms with Crippen molar-refractivity contribution in [3.8, 4) is 22.3 Å². The maximum Gasteiger partial charge on any atom is 0.0847 e. The van der Waals surface area contributed by atoms with Crippen LogP contribution in [-0.2, 0) is 5.54 Å². The topological polar surface area (TPSA) is 24.1 Å². The summed E-state index contributed by atoms with van der Waals surface area (Å²) in [6, 6.07) is 70.4. The molecule has 9 aromatic carbocycles. The Bertz CT molecular complexity index is 3590. The number of nitrogens with one attached hydrogen (secondary N) is 2. The average Bonchev–Trinajstić information content (AvgIpc) is 3.73. The lowest BCUT2D eigenvalue weighted by atomic mass is 9.75. The molecule has 12 rings (SSSR count). The van der Waals surface area contributed by atoms with Gasteiger partial charge in [-0.15, -0.1) is 0 Å². The van der Waals surface area contributed by atoms with Gasteiger partial charge in [-0.1, -0.05) is 196 Å². The van der Waals surface area contributed by atoms with E-state index in [4.69, 9.17) is 0 Å². The molecule has 1 atom stereocenters. The van der Waals surface area contributed by atoms with Gasteiger partial charge in [-0.25, -0.2) is 0 Å². The Morgan fingerprint density at radius 3 is 1.49 bits per heavy atom. The molecule has 0 spiro atoms. The number of fused-ring (bicyclic) bond motifs is 8. The van der Waals surface area contributed by atoms with Crippen LogP contribution >= 0.6 is 0 Å². The van der Waals surface area contributed by atoms with Crippen molar-refractivity contribution in [2.24, 2.45) is 5.41 Å². The highest BCUT2D eigenvalue weighted by atomic mass is 15.0. The van der Waals surface area contributed by atoms with E-state index < -0.39 is 5.54 Å². The molecule has 0 fully saturated rings. The van der Waals surface area contributed by atoms with Gasteiger partial charge in [-0.2, -0.15) is 0 Å². The fourth-order valence-corrected chi connectivity index (χ4v) is 10.6. The molecule has 3 aliphatic carbocycles. The molecule has 65 heavy (non-hydrogen) atoms. The van der Waals surface area contributed by atoms with E-state index in [2.05, 4.69) is 255 Å². The van der Waals surface area contributed by atoms with Gasteiger partial charge in [-0.05, 0) is 148 Å². The van der Waals surface area contributed by atoms with Gasteiger partial charge in [0.25, 0.3) is 0 Å². The van der Waals surface area contributed by atoms with E-state index in [1.54, 1.807) is 0 Å². The largest absolute Gasteiger partial charge is 0.372 e. The predicted molar refractivity (Wildman–Crippen MR) is 276 cm³/mol. The van der Waals surface area contributed by atoms with E-state index in [0.29, 0.717) is 0 Å². The van der Waals surface area contributed by atoms with Crippen LogP contribution in [0.5, 0.6) is 0 Å². The molecule has 0 aliphatic heterocycles. The average molecular weight is 833 g/mol. The molecule has 9 aromatic rings. The molecule has 0 saturated heterocycles. The third-order valence-electron chi connectivity index (χ3n) is 13.8.